The van der Waals surface area contributed by atoms with Crippen LogP contribution in [0.1, 0.15) is 36.8 Å². The molecule has 0 bridgehead atoms. The van der Waals surface area contributed by atoms with E-state index in [1.165, 1.54) is 11.1 Å². The first-order valence-electron chi connectivity index (χ1n) is 8.86. The molecule has 1 heterocycles. The normalized spacial score (nSPS) is 29.0. The zero-order valence-corrected chi connectivity index (χ0v) is 14.8. The lowest BCUT2D eigenvalue weighted by Gasteiger charge is -2.31. The maximum Gasteiger partial charge on any atom is 0.317 e. The fourth-order valence-corrected chi connectivity index (χ4v) is 5.84. The predicted octanol–water partition coefficient (Wildman–Crippen LogP) is 1.93. The van der Waals surface area contributed by atoms with Crippen LogP contribution in [0, 0.1) is 5.92 Å². The Balaban J connectivity index is 1.32. The van der Waals surface area contributed by atoms with Crippen molar-refractivity contribution in [3.05, 3.63) is 35.4 Å². The third-order valence-electron chi connectivity index (χ3n) is 5.97. The molecule has 1 saturated heterocycles. The lowest BCUT2D eigenvalue weighted by atomic mass is 10.1. The van der Waals surface area contributed by atoms with Gasteiger partial charge in [-0.05, 0) is 36.3 Å². The molecule has 130 valence electrons. The van der Waals surface area contributed by atoms with E-state index in [2.05, 4.69) is 29.6 Å². The second-order valence-corrected chi connectivity index (χ2v) is 9.78. The maximum atomic E-state index is 12.5. The van der Waals surface area contributed by atoms with Gasteiger partial charge in [-0.1, -0.05) is 31.2 Å². The van der Waals surface area contributed by atoms with Gasteiger partial charge in [0, 0.05) is 30.8 Å². The summed E-state index contributed by atoms with van der Waals surface area (Å²) in [6.45, 7) is 2.76. The molecule has 1 aromatic carbocycles. The lowest BCUT2D eigenvalue weighted by molar-refractivity contribution is 0.185. The van der Waals surface area contributed by atoms with Crippen molar-refractivity contribution in [2.75, 3.05) is 18.8 Å². The maximum absolute atomic E-state index is 12.5. The molecular formula is C18H24N2O3S. The lowest BCUT2D eigenvalue weighted by Crippen LogP contribution is -2.48. The first-order chi connectivity index (χ1) is 11.5. The van der Waals surface area contributed by atoms with Gasteiger partial charge in [0.15, 0.2) is 9.84 Å². The minimum absolute atomic E-state index is 0.0285. The molecule has 0 spiro atoms. The Morgan fingerprint density at radius 2 is 1.96 bits per heavy atom. The summed E-state index contributed by atoms with van der Waals surface area (Å²) >= 11 is 0. The van der Waals surface area contributed by atoms with E-state index in [0.717, 1.165) is 6.42 Å². The van der Waals surface area contributed by atoms with Crippen LogP contribution in [0.2, 0.25) is 0 Å². The Morgan fingerprint density at radius 1 is 1.25 bits per heavy atom. The first kappa shape index (κ1) is 15.9. The Labute approximate surface area is 143 Å². The fourth-order valence-electron chi connectivity index (χ4n) is 4.44. The average Bonchev–Trinajstić information content (AvgIpc) is 3.11. The van der Waals surface area contributed by atoms with Gasteiger partial charge in [-0.2, -0.15) is 0 Å². The minimum Gasteiger partial charge on any atom is -0.334 e. The summed E-state index contributed by atoms with van der Waals surface area (Å²) in [4.78, 5) is 14.3. The number of hydrogen-bond donors (Lipinski definition) is 1. The largest absolute Gasteiger partial charge is 0.334 e. The van der Waals surface area contributed by atoms with Crippen LogP contribution in [-0.4, -0.2) is 49.5 Å². The van der Waals surface area contributed by atoms with Crippen molar-refractivity contribution in [3.8, 4) is 0 Å². The summed E-state index contributed by atoms with van der Waals surface area (Å²) in [7, 11) is -2.99. The van der Waals surface area contributed by atoms with E-state index in [-0.39, 0.29) is 23.1 Å². The number of piperidine rings is 1. The molecule has 4 rings (SSSR count). The minimum atomic E-state index is -2.99. The van der Waals surface area contributed by atoms with Crippen molar-refractivity contribution in [2.45, 2.75) is 43.4 Å². The molecule has 1 saturated carbocycles. The highest BCUT2D eigenvalue weighted by molar-refractivity contribution is 7.92. The molecule has 5 nitrogen and oxygen atoms in total. The number of fused-ring (bicyclic) bond motifs is 3. The summed E-state index contributed by atoms with van der Waals surface area (Å²) in [5.74, 6) is 1.21. The van der Waals surface area contributed by atoms with Crippen molar-refractivity contribution >= 4 is 15.9 Å². The summed E-state index contributed by atoms with van der Waals surface area (Å²) in [6, 6.07) is 8.72. The number of nitrogens with one attached hydrogen (secondary N) is 1. The molecule has 24 heavy (non-hydrogen) atoms. The van der Waals surface area contributed by atoms with E-state index in [9.17, 15) is 13.2 Å². The molecule has 2 aliphatic carbocycles. The standard InChI is InChI=1S/C18H24N2O3S/c1-2-24(22,23)13-7-9-20(10-8-13)18(21)19-17-15-11-12-5-3-4-6-14(12)16(15)17/h3-6,13,15-17H,2,7-11H2,1H3,(H,19,21)/t15-,16+,17+/m0/s1. The number of sulfone groups is 1. The summed E-state index contributed by atoms with van der Waals surface area (Å²) < 4.78 is 23.9. The molecule has 3 aliphatic rings. The topological polar surface area (TPSA) is 66.5 Å². The van der Waals surface area contributed by atoms with Crippen LogP contribution in [0.4, 0.5) is 4.79 Å². The van der Waals surface area contributed by atoms with Crippen LogP contribution in [0.5, 0.6) is 0 Å². The number of rotatable bonds is 3. The molecular weight excluding hydrogens is 324 g/mol. The number of urea groups is 1. The number of carbonyl (C=O) groups is 1. The zero-order chi connectivity index (χ0) is 16.9. The van der Waals surface area contributed by atoms with Crippen LogP contribution in [0.25, 0.3) is 0 Å². The van der Waals surface area contributed by atoms with Gasteiger partial charge in [0.25, 0.3) is 0 Å². The van der Waals surface area contributed by atoms with Crippen molar-refractivity contribution in [1.82, 2.24) is 10.2 Å². The van der Waals surface area contributed by atoms with Gasteiger partial charge >= 0.3 is 6.03 Å². The van der Waals surface area contributed by atoms with Gasteiger partial charge < -0.3 is 10.2 Å². The van der Waals surface area contributed by atoms with E-state index in [4.69, 9.17) is 0 Å². The number of nitrogens with zero attached hydrogens (tertiary/aromatic N) is 1. The Kier molecular flexibility index (Phi) is 3.82. The molecule has 2 amide bonds. The van der Waals surface area contributed by atoms with Gasteiger partial charge in [0.2, 0.25) is 0 Å². The van der Waals surface area contributed by atoms with E-state index >= 15 is 0 Å². The van der Waals surface area contributed by atoms with Crippen LogP contribution < -0.4 is 5.32 Å². The average molecular weight is 348 g/mol. The molecule has 1 aromatic rings. The summed E-state index contributed by atoms with van der Waals surface area (Å²) in [6.07, 6.45) is 2.18. The van der Waals surface area contributed by atoms with E-state index < -0.39 is 9.84 Å². The number of amides is 2. The Morgan fingerprint density at radius 3 is 2.67 bits per heavy atom. The van der Waals surface area contributed by atoms with Crippen molar-refractivity contribution < 1.29 is 13.2 Å². The number of benzene rings is 1. The van der Waals surface area contributed by atoms with Gasteiger partial charge in [0.1, 0.15) is 0 Å². The third kappa shape index (κ3) is 2.61. The van der Waals surface area contributed by atoms with Gasteiger partial charge in [0.05, 0.1) is 5.25 Å². The molecule has 0 radical (unpaired) electrons. The summed E-state index contributed by atoms with van der Waals surface area (Å²) in [5.41, 5.74) is 2.81. The Hall–Kier alpha value is -1.56. The van der Waals surface area contributed by atoms with Crippen molar-refractivity contribution in [3.63, 3.8) is 0 Å². The quantitative estimate of drug-likeness (QED) is 0.908. The van der Waals surface area contributed by atoms with Crippen LogP contribution in [0.3, 0.4) is 0 Å². The molecule has 6 heteroatoms. The highest BCUT2D eigenvalue weighted by atomic mass is 32.2. The molecule has 1 aliphatic heterocycles. The Bertz CT molecular complexity index is 753. The first-order valence-corrected chi connectivity index (χ1v) is 10.6. The highest BCUT2D eigenvalue weighted by Gasteiger charge is 2.56. The number of likely N-dealkylation sites (tertiary alicyclic amines) is 1. The summed E-state index contributed by atoms with van der Waals surface area (Å²) in [5, 5.41) is 2.89. The van der Waals surface area contributed by atoms with E-state index in [0.29, 0.717) is 37.8 Å². The van der Waals surface area contributed by atoms with Gasteiger partial charge in [-0.25, -0.2) is 13.2 Å². The fraction of sp³-hybridized carbons (Fsp3) is 0.611. The van der Waals surface area contributed by atoms with Crippen molar-refractivity contribution in [2.24, 2.45) is 5.92 Å². The molecule has 0 unspecified atom stereocenters. The highest BCUT2D eigenvalue weighted by Crippen LogP contribution is 2.56. The second kappa shape index (κ2) is 5.76. The molecule has 0 aromatic heterocycles. The van der Waals surface area contributed by atoms with Crippen LogP contribution >= 0.6 is 0 Å². The number of hydrogen-bond acceptors (Lipinski definition) is 3. The monoisotopic (exact) mass is 348 g/mol. The SMILES string of the molecule is CCS(=O)(=O)C1CCN(C(=O)N[C@@H]2[C@H]3Cc4ccccc4[C@H]32)CC1. The molecule has 3 atom stereocenters. The van der Waals surface area contributed by atoms with Crippen LogP contribution in [0.15, 0.2) is 24.3 Å². The third-order valence-corrected chi connectivity index (χ3v) is 8.26. The molecule has 2 fully saturated rings. The van der Waals surface area contributed by atoms with Crippen LogP contribution in [-0.2, 0) is 16.3 Å². The van der Waals surface area contributed by atoms with Gasteiger partial charge in [-0.15, -0.1) is 0 Å². The number of carbonyl (C=O) groups excluding carboxylic acids is 1. The zero-order valence-electron chi connectivity index (χ0n) is 13.9. The predicted molar refractivity (Wildman–Crippen MR) is 92.8 cm³/mol. The second-order valence-electron chi connectivity index (χ2n) is 7.21. The van der Waals surface area contributed by atoms with Gasteiger partial charge in [-0.3, -0.25) is 0 Å². The van der Waals surface area contributed by atoms with Crippen molar-refractivity contribution in [1.29, 1.82) is 0 Å². The smallest absolute Gasteiger partial charge is 0.317 e. The molecule has 1 N–H and O–H groups in total. The van der Waals surface area contributed by atoms with E-state index in [1.54, 1.807) is 11.8 Å². The van der Waals surface area contributed by atoms with E-state index in [1.807, 2.05) is 0 Å².